The van der Waals surface area contributed by atoms with Crippen molar-refractivity contribution in [1.29, 1.82) is 0 Å². The Morgan fingerprint density at radius 2 is 2.00 bits per heavy atom. The van der Waals surface area contributed by atoms with Crippen molar-refractivity contribution in [2.45, 2.75) is 20.0 Å². The molecule has 1 N–H and O–H groups in total. The number of benzene rings is 1. The molecule has 0 spiro atoms. The van der Waals surface area contributed by atoms with E-state index in [0.29, 0.717) is 0 Å². The summed E-state index contributed by atoms with van der Waals surface area (Å²) in [6.07, 6.45) is 3.99. The minimum Gasteiger partial charge on any atom is -0.308 e. The summed E-state index contributed by atoms with van der Waals surface area (Å²) in [5, 5.41) is 12.3. The third kappa shape index (κ3) is 2.98. The zero-order valence-corrected chi connectivity index (χ0v) is 12.2. The SMILES string of the molecule is Cc1cscc1CNCc1cnn(-c2ccccc2)c1. The van der Waals surface area contributed by atoms with Gasteiger partial charge in [0.25, 0.3) is 0 Å². The zero-order chi connectivity index (χ0) is 13.8. The number of aryl methyl sites for hydroxylation is 1. The quantitative estimate of drug-likeness (QED) is 0.776. The molecule has 0 aliphatic heterocycles. The maximum absolute atomic E-state index is 4.40. The second-order valence-corrected chi connectivity index (χ2v) is 5.56. The number of nitrogens with one attached hydrogen (secondary N) is 1. The Morgan fingerprint density at radius 1 is 1.15 bits per heavy atom. The summed E-state index contributed by atoms with van der Waals surface area (Å²) in [6.45, 7) is 3.90. The van der Waals surface area contributed by atoms with Crippen molar-refractivity contribution in [3.8, 4) is 5.69 Å². The van der Waals surface area contributed by atoms with E-state index in [1.807, 2.05) is 29.1 Å². The average Bonchev–Trinajstić information content (AvgIpc) is 3.10. The number of hydrogen-bond acceptors (Lipinski definition) is 3. The van der Waals surface area contributed by atoms with Crippen molar-refractivity contribution in [3.05, 3.63) is 70.2 Å². The Hall–Kier alpha value is -1.91. The molecule has 3 rings (SSSR count). The van der Waals surface area contributed by atoms with Gasteiger partial charge in [-0.15, -0.1) is 0 Å². The van der Waals surface area contributed by atoms with E-state index in [4.69, 9.17) is 0 Å². The number of para-hydroxylation sites is 1. The van der Waals surface area contributed by atoms with Gasteiger partial charge in [0.2, 0.25) is 0 Å². The van der Waals surface area contributed by atoms with Crippen LogP contribution >= 0.6 is 11.3 Å². The summed E-state index contributed by atoms with van der Waals surface area (Å²) in [4.78, 5) is 0. The second-order valence-electron chi connectivity index (χ2n) is 4.81. The molecule has 0 bridgehead atoms. The van der Waals surface area contributed by atoms with E-state index >= 15 is 0 Å². The van der Waals surface area contributed by atoms with Gasteiger partial charge in [-0.05, 0) is 40.9 Å². The molecular formula is C16H17N3S. The number of aromatic nitrogens is 2. The fourth-order valence-corrected chi connectivity index (χ4v) is 2.94. The third-order valence-electron chi connectivity index (χ3n) is 3.26. The second kappa shape index (κ2) is 6.03. The van der Waals surface area contributed by atoms with Crippen molar-refractivity contribution in [1.82, 2.24) is 15.1 Å². The van der Waals surface area contributed by atoms with Crippen LogP contribution in [0.15, 0.2) is 53.5 Å². The van der Waals surface area contributed by atoms with Gasteiger partial charge in [0.15, 0.2) is 0 Å². The van der Waals surface area contributed by atoms with Crippen LogP contribution in [0.1, 0.15) is 16.7 Å². The minimum atomic E-state index is 0.835. The highest BCUT2D eigenvalue weighted by Crippen LogP contribution is 2.13. The molecule has 20 heavy (non-hydrogen) atoms. The van der Waals surface area contributed by atoms with Gasteiger partial charge in [-0.3, -0.25) is 0 Å². The summed E-state index contributed by atoms with van der Waals surface area (Å²) in [5.41, 5.74) is 5.03. The van der Waals surface area contributed by atoms with Crippen molar-refractivity contribution in [3.63, 3.8) is 0 Å². The van der Waals surface area contributed by atoms with Crippen LogP contribution in [-0.4, -0.2) is 9.78 Å². The molecule has 3 aromatic rings. The van der Waals surface area contributed by atoms with Gasteiger partial charge in [0.05, 0.1) is 11.9 Å². The van der Waals surface area contributed by atoms with Crippen LogP contribution < -0.4 is 5.32 Å². The fourth-order valence-electron chi connectivity index (χ4n) is 2.08. The summed E-state index contributed by atoms with van der Waals surface area (Å²) in [6, 6.07) is 10.2. The molecule has 0 saturated heterocycles. The van der Waals surface area contributed by atoms with Crippen molar-refractivity contribution >= 4 is 11.3 Å². The van der Waals surface area contributed by atoms with E-state index in [0.717, 1.165) is 18.8 Å². The Morgan fingerprint density at radius 3 is 2.75 bits per heavy atom. The molecule has 1 aromatic carbocycles. The lowest BCUT2D eigenvalue weighted by molar-refractivity contribution is 0.692. The lowest BCUT2D eigenvalue weighted by Crippen LogP contribution is -2.12. The van der Waals surface area contributed by atoms with Gasteiger partial charge in [-0.25, -0.2) is 4.68 Å². The Bertz CT molecular complexity index is 670. The molecule has 0 unspecified atom stereocenters. The first-order chi connectivity index (χ1) is 9.83. The number of thiophene rings is 1. The molecule has 0 atom stereocenters. The van der Waals surface area contributed by atoms with Crippen LogP contribution in [-0.2, 0) is 13.1 Å². The minimum absolute atomic E-state index is 0.835. The summed E-state index contributed by atoms with van der Waals surface area (Å²) in [7, 11) is 0. The van der Waals surface area contributed by atoms with Crippen LogP contribution in [0, 0.1) is 6.92 Å². The molecular weight excluding hydrogens is 266 g/mol. The van der Waals surface area contributed by atoms with Crippen LogP contribution in [0.25, 0.3) is 5.69 Å². The maximum Gasteiger partial charge on any atom is 0.0645 e. The van der Waals surface area contributed by atoms with Crippen molar-refractivity contribution < 1.29 is 0 Å². The first-order valence-electron chi connectivity index (χ1n) is 6.64. The molecule has 0 radical (unpaired) electrons. The number of nitrogens with zero attached hydrogens (tertiary/aromatic N) is 2. The molecule has 4 heteroatoms. The lowest BCUT2D eigenvalue weighted by atomic mass is 10.2. The molecule has 2 aromatic heterocycles. The zero-order valence-electron chi connectivity index (χ0n) is 11.4. The van der Waals surface area contributed by atoms with Crippen LogP contribution in [0.5, 0.6) is 0 Å². The summed E-state index contributed by atoms with van der Waals surface area (Å²) < 4.78 is 1.91. The lowest BCUT2D eigenvalue weighted by Gasteiger charge is -2.02. The van der Waals surface area contributed by atoms with E-state index in [-0.39, 0.29) is 0 Å². The molecule has 0 fully saturated rings. The maximum atomic E-state index is 4.40. The Kier molecular flexibility index (Phi) is 3.95. The standard InChI is InChI=1S/C16H17N3S/c1-13-11-20-12-15(13)9-17-7-14-8-18-19(10-14)16-5-3-2-4-6-16/h2-6,8,10-12,17H,7,9H2,1H3. The molecule has 0 saturated carbocycles. The monoisotopic (exact) mass is 283 g/mol. The first kappa shape index (κ1) is 13.1. The molecule has 102 valence electrons. The highest BCUT2D eigenvalue weighted by Gasteiger charge is 2.02. The average molecular weight is 283 g/mol. The first-order valence-corrected chi connectivity index (χ1v) is 7.58. The normalized spacial score (nSPS) is 10.8. The van der Waals surface area contributed by atoms with Crippen molar-refractivity contribution in [2.75, 3.05) is 0 Å². The predicted octanol–water partition coefficient (Wildman–Crippen LogP) is 3.53. The highest BCUT2D eigenvalue weighted by atomic mass is 32.1. The van der Waals surface area contributed by atoms with Gasteiger partial charge in [0.1, 0.15) is 0 Å². The highest BCUT2D eigenvalue weighted by molar-refractivity contribution is 7.08. The van der Waals surface area contributed by atoms with Gasteiger partial charge in [-0.1, -0.05) is 18.2 Å². The third-order valence-corrected chi connectivity index (χ3v) is 4.17. The van der Waals surface area contributed by atoms with Gasteiger partial charge >= 0.3 is 0 Å². The molecule has 2 heterocycles. The van der Waals surface area contributed by atoms with Gasteiger partial charge in [0, 0.05) is 24.8 Å². The summed E-state index contributed by atoms with van der Waals surface area (Å²) >= 11 is 1.76. The predicted molar refractivity (Wildman–Crippen MR) is 83.2 cm³/mol. The van der Waals surface area contributed by atoms with E-state index in [1.165, 1.54) is 16.7 Å². The van der Waals surface area contributed by atoms with E-state index < -0.39 is 0 Å². The number of rotatable bonds is 5. The fraction of sp³-hybridized carbons (Fsp3) is 0.188. The summed E-state index contributed by atoms with van der Waals surface area (Å²) in [5.74, 6) is 0. The molecule has 0 aliphatic rings. The van der Waals surface area contributed by atoms with E-state index in [9.17, 15) is 0 Å². The van der Waals surface area contributed by atoms with E-state index in [1.54, 1.807) is 11.3 Å². The Labute approximate surface area is 122 Å². The molecule has 0 amide bonds. The Balaban J connectivity index is 1.59. The topological polar surface area (TPSA) is 29.9 Å². The van der Waals surface area contributed by atoms with Crippen LogP contribution in [0.4, 0.5) is 0 Å². The van der Waals surface area contributed by atoms with Crippen LogP contribution in [0.2, 0.25) is 0 Å². The van der Waals surface area contributed by atoms with Gasteiger partial charge < -0.3 is 5.32 Å². The smallest absolute Gasteiger partial charge is 0.0645 e. The van der Waals surface area contributed by atoms with Crippen LogP contribution in [0.3, 0.4) is 0 Å². The largest absolute Gasteiger partial charge is 0.308 e. The molecule has 3 nitrogen and oxygen atoms in total. The number of hydrogen-bond donors (Lipinski definition) is 1. The van der Waals surface area contributed by atoms with Gasteiger partial charge in [-0.2, -0.15) is 16.4 Å². The van der Waals surface area contributed by atoms with Crippen molar-refractivity contribution in [2.24, 2.45) is 0 Å². The van der Waals surface area contributed by atoms with E-state index in [2.05, 4.69) is 46.4 Å². The molecule has 0 aliphatic carbocycles.